The van der Waals surface area contributed by atoms with E-state index in [1.807, 2.05) is 5.01 Å². The summed E-state index contributed by atoms with van der Waals surface area (Å²) in [6.07, 6.45) is 3.37. The first-order valence-electron chi connectivity index (χ1n) is 7.00. The van der Waals surface area contributed by atoms with E-state index in [-0.39, 0.29) is 10.8 Å². The fourth-order valence-corrected chi connectivity index (χ4v) is 3.10. The maximum absolute atomic E-state index is 12.1. The predicted octanol–water partition coefficient (Wildman–Crippen LogP) is 1.07. The fraction of sp³-hybridized carbons (Fsp3) is 0.500. The monoisotopic (exact) mass is 311 g/mol. The molecule has 1 heterocycles. The molecule has 7 heteroatoms. The van der Waals surface area contributed by atoms with Gasteiger partial charge in [0.15, 0.2) is 0 Å². The van der Waals surface area contributed by atoms with Gasteiger partial charge in [0, 0.05) is 32.7 Å². The Bertz CT molecular complexity index is 590. The Morgan fingerprint density at radius 2 is 1.67 bits per heavy atom. The Morgan fingerprint density at radius 1 is 1.10 bits per heavy atom. The molecule has 0 bridgehead atoms. The molecular weight excluding hydrogens is 290 g/mol. The van der Waals surface area contributed by atoms with Gasteiger partial charge in [-0.15, -0.1) is 0 Å². The van der Waals surface area contributed by atoms with Crippen LogP contribution in [0.4, 0.5) is 0 Å². The number of benzene rings is 1. The minimum absolute atomic E-state index is 0.182. The first-order valence-corrected chi connectivity index (χ1v) is 8.44. The van der Waals surface area contributed by atoms with Crippen LogP contribution in [0.5, 0.6) is 0 Å². The van der Waals surface area contributed by atoms with Gasteiger partial charge in [0.05, 0.1) is 4.90 Å². The first kappa shape index (κ1) is 15.9. The van der Waals surface area contributed by atoms with Gasteiger partial charge in [0.2, 0.25) is 10.0 Å². The molecule has 1 aromatic rings. The lowest BCUT2D eigenvalue weighted by Crippen LogP contribution is -2.45. The second-order valence-corrected chi connectivity index (χ2v) is 7.45. The third-order valence-electron chi connectivity index (χ3n) is 3.51. The van der Waals surface area contributed by atoms with Crippen LogP contribution >= 0.6 is 0 Å². The van der Waals surface area contributed by atoms with Crippen molar-refractivity contribution in [2.24, 2.45) is 0 Å². The van der Waals surface area contributed by atoms with Crippen LogP contribution in [0.15, 0.2) is 29.2 Å². The summed E-state index contributed by atoms with van der Waals surface area (Å²) in [5.74, 6) is -0.203. The molecule has 1 amide bonds. The molecule has 0 aliphatic carbocycles. The van der Waals surface area contributed by atoms with E-state index in [4.69, 9.17) is 0 Å². The number of amides is 1. The number of nitrogens with zero attached hydrogens (tertiary/aromatic N) is 2. The van der Waals surface area contributed by atoms with Crippen LogP contribution in [0, 0.1) is 0 Å². The zero-order chi connectivity index (χ0) is 15.5. The van der Waals surface area contributed by atoms with Crippen molar-refractivity contribution in [1.82, 2.24) is 14.7 Å². The molecule has 0 radical (unpaired) electrons. The maximum atomic E-state index is 12.1. The topological polar surface area (TPSA) is 69.7 Å². The Hall–Kier alpha value is -1.44. The van der Waals surface area contributed by atoms with Gasteiger partial charge >= 0.3 is 0 Å². The Morgan fingerprint density at radius 3 is 2.19 bits per heavy atom. The van der Waals surface area contributed by atoms with E-state index in [1.54, 1.807) is 0 Å². The molecule has 116 valence electrons. The van der Waals surface area contributed by atoms with E-state index < -0.39 is 10.0 Å². The fourth-order valence-electron chi connectivity index (χ4n) is 2.20. The van der Waals surface area contributed by atoms with Gasteiger partial charge in [0.1, 0.15) is 0 Å². The van der Waals surface area contributed by atoms with E-state index in [2.05, 4.69) is 5.43 Å². The highest BCUT2D eigenvalue weighted by Gasteiger charge is 2.18. The molecule has 2 rings (SSSR count). The SMILES string of the molecule is CN(C)S(=O)(=O)c1ccc(C(=O)NN2CCCCC2)cc1. The van der Waals surface area contributed by atoms with Crippen LogP contribution in [0.3, 0.4) is 0 Å². The summed E-state index contributed by atoms with van der Waals surface area (Å²) in [5.41, 5.74) is 3.31. The van der Waals surface area contributed by atoms with Crippen LogP contribution < -0.4 is 5.43 Å². The summed E-state index contributed by atoms with van der Waals surface area (Å²) in [6, 6.07) is 5.99. The van der Waals surface area contributed by atoms with E-state index in [9.17, 15) is 13.2 Å². The number of sulfonamides is 1. The van der Waals surface area contributed by atoms with Gasteiger partial charge in [-0.25, -0.2) is 17.7 Å². The highest BCUT2D eigenvalue weighted by molar-refractivity contribution is 7.89. The third kappa shape index (κ3) is 3.81. The zero-order valence-corrected chi connectivity index (χ0v) is 13.2. The van der Waals surface area contributed by atoms with E-state index >= 15 is 0 Å². The molecule has 1 aromatic carbocycles. The van der Waals surface area contributed by atoms with Crippen molar-refractivity contribution in [3.8, 4) is 0 Å². The number of piperidine rings is 1. The minimum Gasteiger partial charge on any atom is -0.285 e. The summed E-state index contributed by atoms with van der Waals surface area (Å²) < 4.78 is 25.0. The number of nitrogens with one attached hydrogen (secondary N) is 1. The lowest BCUT2D eigenvalue weighted by molar-refractivity contribution is 0.0750. The van der Waals surface area contributed by atoms with Crippen LogP contribution in [0.1, 0.15) is 29.6 Å². The Kier molecular flexibility index (Phi) is 4.97. The highest BCUT2D eigenvalue weighted by atomic mass is 32.2. The number of hydrogen-bond donors (Lipinski definition) is 1. The van der Waals surface area contributed by atoms with E-state index in [0.29, 0.717) is 5.56 Å². The quantitative estimate of drug-likeness (QED) is 0.903. The van der Waals surface area contributed by atoms with Crippen molar-refractivity contribution in [3.63, 3.8) is 0 Å². The Balaban J connectivity index is 2.06. The van der Waals surface area contributed by atoms with Gasteiger partial charge in [-0.2, -0.15) is 0 Å². The molecule has 6 nitrogen and oxygen atoms in total. The van der Waals surface area contributed by atoms with Crippen molar-refractivity contribution in [2.75, 3.05) is 27.2 Å². The molecule has 0 unspecified atom stereocenters. The standard InChI is InChI=1S/C14H21N3O3S/c1-16(2)21(19,20)13-8-6-12(7-9-13)14(18)15-17-10-4-3-5-11-17/h6-9H,3-5,10-11H2,1-2H3,(H,15,18). The van der Waals surface area contributed by atoms with E-state index in [0.717, 1.165) is 30.2 Å². The number of hydrazine groups is 1. The summed E-state index contributed by atoms with van der Waals surface area (Å²) in [4.78, 5) is 12.3. The van der Waals surface area contributed by atoms with Crippen LogP contribution in [0.2, 0.25) is 0 Å². The predicted molar refractivity (Wildman–Crippen MR) is 80.2 cm³/mol. The van der Waals surface area contributed by atoms with Gasteiger partial charge in [-0.3, -0.25) is 10.2 Å². The molecule has 0 aromatic heterocycles. The van der Waals surface area contributed by atoms with Gasteiger partial charge in [-0.05, 0) is 37.1 Å². The molecule has 1 aliphatic rings. The maximum Gasteiger partial charge on any atom is 0.265 e. The summed E-state index contributed by atoms with van der Waals surface area (Å²) in [6.45, 7) is 1.72. The molecule has 1 aliphatic heterocycles. The van der Waals surface area contributed by atoms with Crippen molar-refractivity contribution in [2.45, 2.75) is 24.2 Å². The minimum atomic E-state index is -3.46. The number of carbonyl (C=O) groups excluding carboxylic acids is 1. The number of rotatable bonds is 4. The smallest absolute Gasteiger partial charge is 0.265 e. The second kappa shape index (κ2) is 6.55. The molecule has 1 N–H and O–H groups in total. The summed E-state index contributed by atoms with van der Waals surface area (Å²) >= 11 is 0. The van der Waals surface area contributed by atoms with Crippen molar-refractivity contribution in [3.05, 3.63) is 29.8 Å². The van der Waals surface area contributed by atoms with Crippen LogP contribution in [-0.2, 0) is 10.0 Å². The summed E-state index contributed by atoms with van der Waals surface area (Å²) in [7, 11) is -0.498. The number of hydrogen-bond acceptors (Lipinski definition) is 4. The molecule has 0 saturated carbocycles. The molecule has 0 spiro atoms. The van der Waals surface area contributed by atoms with Gasteiger partial charge in [0.25, 0.3) is 5.91 Å². The average molecular weight is 311 g/mol. The lowest BCUT2D eigenvalue weighted by Gasteiger charge is -2.26. The van der Waals surface area contributed by atoms with Gasteiger partial charge in [-0.1, -0.05) is 6.42 Å². The number of carbonyl (C=O) groups is 1. The van der Waals surface area contributed by atoms with E-state index in [1.165, 1.54) is 44.8 Å². The third-order valence-corrected chi connectivity index (χ3v) is 5.34. The Labute approximate surface area is 125 Å². The van der Waals surface area contributed by atoms with Crippen LogP contribution in [0.25, 0.3) is 0 Å². The van der Waals surface area contributed by atoms with Gasteiger partial charge < -0.3 is 0 Å². The average Bonchev–Trinajstić information content (AvgIpc) is 2.48. The molecule has 21 heavy (non-hydrogen) atoms. The largest absolute Gasteiger partial charge is 0.285 e. The normalized spacial score (nSPS) is 16.9. The molecule has 1 saturated heterocycles. The zero-order valence-electron chi connectivity index (χ0n) is 12.4. The molecule has 0 atom stereocenters. The molecular formula is C14H21N3O3S. The highest BCUT2D eigenvalue weighted by Crippen LogP contribution is 2.14. The first-order chi connectivity index (χ1) is 9.91. The van der Waals surface area contributed by atoms with Crippen molar-refractivity contribution < 1.29 is 13.2 Å². The van der Waals surface area contributed by atoms with Crippen LogP contribution in [-0.4, -0.2) is 50.8 Å². The summed E-state index contributed by atoms with van der Waals surface area (Å²) in [5, 5.41) is 1.91. The molecule has 1 fully saturated rings. The second-order valence-electron chi connectivity index (χ2n) is 5.30. The van der Waals surface area contributed by atoms with Crippen molar-refractivity contribution >= 4 is 15.9 Å². The van der Waals surface area contributed by atoms with Crippen molar-refractivity contribution in [1.29, 1.82) is 0 Å². The lowest BCUT2D eigenvalue weighted by atomic mass is 10.1.